The molecule has 0 bridgehead atoms. The second-order valence-corrected chi connectivity index (χ2v) is 9.42. The number of nitrogens with zero attached hydrogens (tertiary/aromatic N) is 3. The lowest BCUT2D eigenvalue weighted by Gasteiger charge is -2.26. The largest absolute Gasteiger partial charge is 0.497 e. The number of benzene rings is 2. The number of likely N-dealkylation sites (tertiary alicyclic amines) is 1. The molecule has 7 heteroatoms. The molecule has 0 atom stereocenters. The Kier molecular flexibility index (Phi) is 7.28. The lowest BCUT2D eigenvalue weighted by Crippen LogP contribution is -2.38. The van der Waals surface area contributed by atoms with E-state index in [0.717, 1.165) is 47.4 Å². The molecule has 0 unspecified atom stereocenters. The van der Waals surface area contributed by atoms with Crippen molar-refractivity contribution < 1.29 is 9.53 Å². The molecule has 0 saturated carbocycles. The summed E-state index contributed by atoms with van der Waals surface area (Å²) >= 11 is 0. The zero-order valence-corrected chi connectivity index (χ0v) is 20.7. The van der Waals surface area contributed by atoms with Crippen LogP contribution in [0.5, 0.6) is 5.75 Å². The van der Waals surface area contributed by atoms with Gasteiger partial charge in [-0.05, 0) is 73.5 Å². The van der Waals surface area contributed by atoms with Crippen molar-refractivity contribution in [3.05, 3.63) is 82.3 Å². The summed E-state index contributed by atoms with van der Waals surface area (Å²) in [5.74, 6) is 0.785. The number of nitrogens with one attached hydrogen (secondary N) is 1. The second-order valence-electron chi connectivity index (χ2n) is 9.42. The summed E-state index contributed by atoms with van der Waals surface area (Å²) in [7, 11) is 1.63. The number of ether oxygens (including phenoxy) is 1. The molecule has 2 aromatic heterocycles. The number of fused-ring (bicyclic) bond motifs is 3. The van der Waals surface area contributed by atoms with Crippen molar-refractivity contribution in [1.29, 1.82) is 0 Å². The standard InChI is InChI=1S/C29H32N4O3/c1-36-23-10-7-21(8-11-23)20-33-26-12-9-22(18-25(26)28-24(29(33)35)6-5-13-31-28)19-27(34)30-14-17-32-15-3-2-4-16-32/h5-13,18H,2-4,14-17,19-20H2,1H3,(H,30,34). The minimum atomic E-state index is -0.0791. The number of hydrogen-bond acceptors (Lipinski definition) is 5. The number of rotatable bonds is 8. The maximum atomic E-state index is 13.4. The maximum Gasteiger partial charge on any atom is 0.260 e. The van der Waals surface area contributed by atoms with Crippen LogP contribution in [-0.4, -0.2) is 53.6 Å². The molecule has 5 rings (SSSR count). The van der Waals surface area contributed by atoms with Crippen LogP contribution in [0.1, 0.15) is 30.4 Å². The van der Waals surface area contributed by atoms with Crippen molar-refractivity contribution >= 4 is 27.7 Å². The van der Waals surface area contributed by atoms with Crippen LogP contribution in [0.15, 0.2) is 65.6 Å². The maximum absolute atomic E-state index is 13.4. The van der Waals surface area contributed by atoms with E-state index >= 15 is 0 Å². The van der Waals surface area contributed by atoms with Crippen molar-refractivity contribution in [3.8, 4) is 5.75 Å². The lowest BCUT2D eigenvalue weighted by atomic mass is 10.0. The molecule has 0 radical (unpaired) electrons. The quantitative estimate of drug-likeness (QED) is 0.386. The number of aromatic nitrogens is 2. The van der Waals surface area contributed by atoms with Crippen LogP contribution in [0.3, 0.4) is 0 Å². The van der Waals surface area contributed by atoms with Crippen LogP contribution in [0.2, 0.25) is 0 Å². The summed E-state index contributed by atoms with van der Waals surface area (Å²) in [6.07, 6.45) is 5.80. The fourth-order valence-electron chi connectivity index (χ4n) is 5.02. The molecule has 3 heterocycles. The van der Waals surface area contributed by atoms with Crippen LogP contribution >= 0.6 is 0 Å². The number of carbonyl (C=O) groups is 1. The smallest absolute Gasteiger partial charge is 0.260 e. The molecule has 1 aliphatic heterocycles. The molecule has 1 N–H and O–H groups in total. The first-order valence-corrected chi connectivity index (χ1v) is 12.6. The van der Waals surface area contributed by atoms with Crippen LogP contribution in [0.4, 0.5) is 0 Å². The van der Waals surface area contributed by atoms with Gasteiger partial charge in [0.25, 0.3) is 5.56 Å². The molecular formula is C29H32N4O3. The Morgan fingerprint density at radius 3 is 2.56 bits per heavy atom. The average Bonchev–Trinajstić information content (AvgIpc) is 2.92. The van der Waals surface area contributed by atoms with Gasteiger partial charge in [-0.25, -0.2) is 0 Å². The van der Waals surface area contributed by atoms with E-state index in [9.17, 15) is 9.59 Å². The number of methoxy groups -OCH3 is 1. The third-order valence-electron chi connectivity index (χ3n) is 6.95. The van der Waals surface area contributed by atoms with Gasteiger partial charge in [0.2, 0.25) is 5.91 Å². The molecule has 36 heavy (non-hydrogen) atoms. The molecule has 1 fully saturated rings. The summed E-state index contributed by atoms with van der Waals surface area (Å²) in [4.78, 5) is 33.0. The van der Waals surface area contributed by atoms with Gasteiger partial charge in [0, 0.05) is 24.7 Å². The van der Waals surface area contributed by atoms with Gasteiger partial charge in [-0.1, -0.05) is 24.6 Å². The van der Waals surface area contributed by atoms with E-state index in [1.807, 2.05) is 48.5 Å². The summed E-state index contributed by atoms with van der Waals surface area (Å²) in [5.41, 5.74) is 3.29. The highest BCUT2D eigenvalue weighted by atomic mass is 16.5. The fourth-order valence-corrected chi connectivity index (χ4v) is 5.02. The van der Waals surface area contributed by atoms with Crippen LogP contribution in [0.25, 0.3) is 21.8 Å². The van der Waals surface area contributed by atoms with E-state index in [1.54, 1.807) is 23.9 Å². The normalized spacial score (nSPS) is 14.2. The highest BCUT2D eigenvalue weighted by Crippen LogP contribution is 2.24. The number of piperidine rings is 1. The molecule has 0 spiro atoms. The average molecular weight is 485 g/mol. The summed E-state index contributed by atoms with van der Waals surface area (Å²) in [6, 6.07) is 17.2. The SMILES string of the molecule is COc1ccc(Cn2c(=O)c3cccnc3c3cc(CC(=O)NCCN4CCCCC4)ccc32)cc1. The first kappa shape index (κ1) is 24.0. The molecule has 0 aliphatic carbocycles. The summed E-state index contributed by atoms with van der Waals surface area (Å²) in [5, 5.41) is 4.51. The van der Waals surface area contributed by atoms with E-state index in [2.05, 4.69) is 15.2 Å². The van der Waals surface area contributed by atoms with Crippen molar-refractivity contribution in [2.24, 2.45) is 0 Å². The molecule has 186 valence electrons. The predicted molar refractivity (Wildman–Crippen MR) is 143 cm³/mol. The predicted octanol–water partition coefficient (Wildman–Crippen LogP) is 3.75. The Labute approximate surface area is 210 Å². The van der Waals surface area contributed by atoms with Crippen molar-refractivity contribution in [2.45, 2.75) is 32.2 Å². The number of pyridine rings is 2. The minimum Gasteiger partial charge on any atom is -0.497 e. The summed E-state index contributed by atoms with van der Waals surface area (Å²) in [6.45, 7) is 4.24. The molecule has 1 amide bonds. The Morgan fingerprint density at radius 1 is 1.00 bits per heavy atom. The fraction of sp³-hybridized carbons (Fsp3) is 0.345. The van der Waals surface area contributed by atoms with Crippen LogP contribution in [0, 0.1) is 0 Å². The monoisotopic (exact) mass is 484 g/mol. The van der Waals surface area contributed by atoms with Gasteiger partial charge in [-0.2, -0.15) is 0 Å². The zero-order valence-electron chi connectivity index (χ0n) is 20.7. The summed E-state index contributed by atoms with van der Waals surface area (Å²) < 4.78 is 7.04. The molecule has 4 aromatic rings. The first-order valence-electron chi connectivity index (χ1n) is 12.6. The molecule has 1 saturated heterocycles. The van der Waals surface area contributed by atoms with Crippen molar-refractivity contribution in [2.75, 3.05) is 33.3 Å². The Bertz CT molecular complexity index is 1420. The van der Waals surface area contributed by atoms with E-state index in [0.29, 0.717) is 30.4 Å². The van der Waals surface area contributed by atoms with Crippen molar-refractivity contribution in [3.63, 3.8) is 0 Å². The molecule has 1 aliphatic rings. The van der Waals surface area contributed by atoms with Gasteiger partial charge >= 0.3 is 0 Å². The van der Waals surface area contributed by atoms with Gasteiger partial charge in [0.05, 0.1) is 36.5 Å². The zero-order chi connectivity index (χ0) is 24.9. The Morgan fingerprint density at radius 2 is 1.78 bits per heavy atom. The van der Waals surface area contributed by atoms with Gasteiger partial charge in [-0.15, -0.1) is 0 Å². The lowest BCUT2D eigenvalue weighted by molar-refractivity contribution is -0.120. The molecule has 2 aromatic carbocycles. The first-order chi connectivity index (χ1) is 17.6. The third kappa shape index (κ3) is 5.26. The van der Waals surface area contributed by atoms with Gasteiger partial charge < -0.3 is 19.5 Å². The number of hydrogen-bond donors (Lipinski definition) is 1. The van der Waals surface area contributed by atoms with E-state index < -0.39 is 0 Å². The van der Waals surface area contributed by atoms with E-state index in [1.165, 1.54) is 19.3 Å². The van der Waals surface area contributed by atoms with E-state index in [4.69, 9.17) is 4.74 Å². The van der Waals surface area contributed by atoms with Gasteiger partial charge in [-0.3, -0.25) is 14.6 Å². The van der Waals surface area contributed by atoms with E-state index in [-0.39, 0.29) is 11.5 Å². The highest BCUT2D eigenvalue weighted by Gasteiger charge is 2.14. The Balaban J connectivity index is 1.40. The second kappa shape index (κ2) is 10.9. The highest BCUT2D eigenvalue weighted by molar-refractivity contribution is 6.03. The number of carbonyl (C=O) groups excluding carboxylic acids is 1. The minimum absolute atomic E-state index is 0.00942. The molecular weight excluding hydrogens is 452 g/mol. The van der Waals surface area contributed by atoms with Gasteiger partial charge in [0.15, 0.2) is 0 Å². The van der Waals surface area contributed by atoms with Crippen molar-refractivity contribution in [1.82, 2.24) is 19.8 Å². The third-order valence-corrected chi connectivity index (χ3v) is 6.95. The number of amides is 1. The van der Waals surface area contributed by atoms with Crippen LogP contribution in [-0.2, 0) is 17.8 Å². The Hall–Kier alpha value is -3.71. The van der Waals surface area contributed by atoms with Gasteiger partial charge in [0.1, 0.15) is 5.75 Å². The topological polar surface area (TPSA) is 76.5 Å². The van der Waals surface area contributed by atoms with Crippen LogP contribution < -0.4 is 15.6 Å². The molecule has 7 nitrogen and oxygen atoms in total.